The van der Waals surface area contributed by atoms with E-state index in [1.54, 1.807) is 18.4 Å². The molecule has 2 heterocycles. The number of nitrogen functional groups attached to an aromatic ring is 1. The van der Waals surface area contributed by atoms with Gasteiger partial charge >= 0.3 is 0 Å². The molecule has 0 aliphatic rings. The quantitative estimate of drug-likeness (QED) is 0.790. The Morgan fingerprint density at radius 1 is 1.58 bits per heavy atom. The minimum atomic E-state index is -0.166. The summed E-state index contributed by atoms with van der Waals surface area (Å²) in [5.74, 6) is 0.107. The lowest BCUT2D eigenvalue weighted by molar-refractivity contribution is 0.0945. The van der Waals surface area contributed by atoms with E-state index in [4.69, 9.17) is 5.73 Å². The highest BCUT2D eigenvalue weighted by molar-refractivity contribution is 7.18. The van der Waals surface area contributed by atoms with Gasteiger partial charge in [0, 0.05) is 24.4 Å². The summed E-state index contributed by atoms with van der Waals surface area (Å²) in [6.07, 6.45) is 0.820. The van der Waals surface area contributed by atoms with Crippen LogP contribution >= 0.6 is 22.7 Å². The van der Waals surface area contributed by atoms with Crippen LogP contribution in [0.3, 0.4) is 0 Å². The number of amides is 1. The summed E-state index contributed by atoms with van der Waals surface area (Å²) in [7, 11) is 1.75. The third-order valence-corrected chi connectivity index (χ3v) is 4.52. The summed E-state index contributed by atoms with van der Waals surface area (Å²) in [5, 5.41) is 8.50. The highest BCUT2D eigenvalue weighted by Crippen LogP contribution is 2.24. The predicted octanol–water partition coefficient (Wildman–Crippen LogP) is 2.19. The second-order valence-corrected chi connectivity index (χ2v) is 6.17. The number of carbonyl (C=O) groups is 1. The molecule has 0 radical (unpaired) electrons. The number of thiophene rings is 1. The smallest absolute Gasteiger partial charge is 0.265 e. The maximum absolute atomic E-state index is 12.1. The van der Waals surface area contributed by atoms with Gasteiger partial charge in [-0.2, -0.15) is 0 Å². The second kappa shape index (κ2) is 6.03. The molecule has 1 unspecified atom stereocenters. The zero-order valence-electron chi connectivity index (χ0n) is 10.8. The first-order chi connectivity index (χ1) is 9.10. The lowest BCUT2D eigenvalue weighted by Gasteiger charge is -2.12. The summed E-state index contributed by atoms with van der Waals surface area (Å²) in [6.45, 7) is 1.98. The van der Waals surface area contributed by atoms with Crippen LogP contribution in [-0.2, 0) is 6.42 Å². The lowest BCUT2D eigenvalue weighted by atomic mass is 10.2. The minimum absolute atomic E-state index is 0.0608. The van der Waals surface area contributed by atoms with Gasteiger partial charge in [-0.1, -0.05) is 17.4 Å². The molecule has 2 rings (SSSR count). The van der Waals surface area contributed by atoms with E-state index >= 15 is 0 Å². The first-order valence-electron chi connectivity index (χ1n) is 5.87. The van der Waals surface area contributed by atoms with Gasteiger partial charge in [-0.3, -0.25) is 4.79 Å². The molecule has 0 fully saturated rings. The van der Waals surface area contributed by atoms with Crippen molar-refractivity contribution in [3.05, 3.63) is 27.3 Å². The molecule has 0 aliphatic carbocycles. The maximum Gasteiger partial charge on any atom is 0.265 e. The van der Waals surface area contributed by atoms with Gasteiger partial charge in [0.2, 0.25) is 0 Å². The van der Waals surface area contributed by atoms with E-state index in [9.17, 15) is 4.79 Å². The molecule has 4 N–H and O–H groups in total. The molecule has 5 nitrogen and oxygen atoms in total. The Hall–Kier alpha value is -1.60. The lowest BCUT2D eigenvalue weighted by Crippen LogP contribution is -2.33. The van der Waals surface area contributed by atoms with Gasteiger partial charge in [-0.05, 0) is 18.4 Å². The van der Waals surface area contributed by atoms with Crippen molar-refractivity contribution >= 4 is 39.5 Å². The van der Waals surface area contributed by atoms with E-state index in [-0.39, 0.29) is 17.8 Å². The van der Waals surface area contributed by atoms with Crippen LogP contribution in [0.4, 0.5) is 10.9 Å². The summed E-state index contributed by atoms with van der Waals surface area (Å²) in [6, 6.07) is 4.13. The molecule has 1 atom stereocenters. The molecule has 2 aromatic rings. The van der Waals surface area contributed by atoms with Crippen LogP contribution in [0.25, 0.3) is 0 Å². The van der Waals surface area contributed by atoms with E-state index in [1.165, 1.54) is 16.2 Å². The molecule has 7 heteroatoms. The molecule has 102 valence electrons. The summed E-state index contributed by atoms with van der Waals surface area (Å²) >= 11 is 2.95. The van der Waals surface area contributed by atoms with Crippen molar-refractivity contribution in [3.8, 4) is 0 Å². The van der Waals surface area contributed by atoms with Crippen molar-refractivity contribution in [2.45, 2.75) is 19.4 Å². The number of nitrogens with one attached hydrogen (secondary N) is 2. The Balaban J connectivity index is 1.98. The molecule has 0 bridgehead atoms. The van der Waals surface area contributed by atoms with Crippen molar-refractivity contribution in [1.29, 1.82) is 0 Å². The van der Waals surface area contributed by atoms with Crippen LogP contribution in [-0.4, -0.2) is 24.0 Å². The van der Waals surface area contributed by atoms with Crippen molar-refractivity contribution < 1.29 is 4.79 Å². The van der Waals surface area contributed by atoms with Gasteiger partial charge in [0.05, 0.1) is 0 Å². The standard InChI is InChI=1S/C12H16N4OS2/c1-7(6-8-4-3-5-18-8)15-11(17)9-10(13)16-12(14-2)19-9/h3-5,7H,6,13H2,1-2H3,(H,14,16)(H,15,17). The Labute approximate surface area is 119 Å². The third-order valence-electron chi connectivity index (χ3n) is 2.54. The van der Waals surface area contributed by atoms with Gasteiger partial charge in [0.1, 0.15) is 10.7 Å². The normalized spacial score (nSPS) is 12.1. The van der Waals surface area contributed by atoms with E-state index < -0.39 is 0 Å². The molecule has 2 aromatic heterocycles. The largest absolute Gasteiger partial charge is 0.382 e. The number of hydrogen-bond acceptors (Lipinski definition) is 6. The molecule has 0 saturated heterocycles. The van der Waals surface area contributed by atoms with Crippen LogP contribution in [0.5, 0.6) is 0 Å². The average Bonchev–Trinajstić information content (AvgIpc) is 2.98. The molecule has 1 amide bonds. The Morgan fingerprint density at radius 3 is 2.95 bits per heavy atom. The number of aromatic nitrogens is 1. The average molecular weight is 296 g/mol. The molecule has 0 spiro atoms. The Morgan fingerprint density at radius 2 is 2.37 bits per heavy atom. The molecular weight excluding hydrogens is 280 g/mol. The van der Waals surface area contributed by atoms with Crippen molar-refractivity contribution in [1.82, 2.24) is 10.3 Å². The fourth-order valence-corrected chi connectivity index (χ4v) is 3.25. The number of thiazole rings is 1. The number of carbonyl (C=O) groups excluding carboxylic acids is 1. The summed E-state index contributed by atoms with van der Waals surface area (Å²) < 4.78 is 0. The predicted molar refractivity (Wildman–Crippen MR) is 81.0 cm³/mol. The van der Waals surface area contributed by atoms with Crippen LogP contribution < -0.4 is 16.4 Å². The van der Waals surface area contributed by atoms with E-state index in [2.05, 4.69) is 21.7 Å². The van der Waals surface area contributed by atoms with Crippen LogP contribution in [0.1, 0.15) is 21.5 Å². The summed E-state index contributed by atoms with van der Waals surface area (Å²) in [4.78, 5) is 17.9. The number of nitrogens with zero attached hydrogens (tertiary/aromatic N) is 1. The first kappa shape index (κ1) is 13.8. The Kier molecular flexibility index (Phi) is 4.39. The van der Waals surface area contributed by atoms with E-state index in [0.29, 0.717) is 10.0 Å². The number of hydrogen-bond donors (Lipinski definition) is 3. The summed E-state index contributed by atoms with van der Waals surface area (Å²) in [5.41, 5.74) is 5.73. The fourth-order valence-electron chi connectivity index (χ4n) is 1.67. The van der Waals surface area contributed by atoms with Gasteiger partial charge in [0.15, 0.2) is 5.13 Å². The van der Waals surface area contributed by atoms with Crippen LogP contribution in [0.15, 0.2) is 17.5 Å². The zero-order chi connectivity index (χ0) is 13.8. The molecule has 19 heavy (non-hydrogen) atoms. The monoisotopic (exact) mass is 296 g/mol. The molecular formula is C12H16N4OS2. The second-order valence-electron chi connectivity index (χ2n) is 4.14. The first-order valence-corrected chi connectivity index (χ1v) is 7.57. The number of nitrogens with two attached hydrogens (primary N) is 1. The number of anilines is 2. The zero-order valence-corrected chi connectivity index (χ0v) is 12.4. The molecule has 0 aliphatic heterocycles. The van der Waals surface area contributed by atoms with Crippen molar-refractivity contribution in [3.63, 3.8) is 0 Å². The van der Waals surface area contributed by atoms with Gasteiger partial charge in [0.25, 0.3) is 5.91 Å². The fraction of sp³-hybridized carbons (Fsp3) is 0.333. The number of rotatable bonds is 5. The van der Waals surface area contributed by atoms with Crippen molar-refractivity contribution in [2.75, 3.05) is 18.1 Å². The topological polar surface area (TPSA) is 80.0 Å². The molecule has 0 saturated carbocycles. The van der Waals surface area contributed by atoms with Gasteiger partial charge in [-0.25, -0.2) is 4.98 Å². The van der Waals surface area contributed by atoms with Crippen LogP contribution in [0.2, 0.25) is 0 Å². The van der Waals surface area contributed by atoms with E-state index in [0.717, 1.165) is 6.42 Å². The molecule has 0 aromatic carbocycles. The minimum Gasteiger partial charge on any atom is -0.382 e. The maximum atomic E-state index is 12.1. The van der Waals surface area contributed by atoms with Gasteiger partial charge in [-0.15, -0.1) is 11.3 Å². The third kappa shape index (κ3) is 3.45. The highest BCUT2D eigenvalue weighted by Gasteiger charge is 2.17. The highest BCUT2D eigenvalue weighted by atomic mass is 32.1. The van der Waals surface area contributed by atoms with E-state index in [1.807, 2.05) is 18.4 Å². The van der Waals surface area contributed by atoms with Crippen LogP contribution in [0, 0.1) is 0 Å². The Bertz CT molecular complexity index is 550. The SMILES string of the molecule is CNc1nc(N)c(C(=O)NC(C)Cc2cccs2)s1. The van der Waals surface area contributed by atoms with Crippen molar-refractivity contribution in [2.24, 2.45) is 0 Å². The van der Waals surface area contributed by atoms with Gasteiger partial charge < -0.3 is 16.4 Å².